The second kappa shape index (κ2) is 3.76. The molecule has 0 atom stereocenters. The fraction of sp³-hybridized carbons (Fsp3) is 0.222. The van der Waals surface area contributed by atoms with E-state index < -0.39 is 0 Å². The molecule has 0 aliphatic carbocycles. The van der Waals surface area contributed by atoms with Crippen molar-refractivity contribution in [3.05, 3.63) is 31.0 Å². The first-order valence-electron chi connectivity index (χ1n) is 3.68. The zero-order chi connectivity index (χ0) is 8.97. The third-order valence-corrected chi connectivity index (χ3v) is 1.36. The molecule has 12 heavy (non-hydrogen) atoms. The highest BCUT2D eigenvalue weighted by molar-refractivity contribution is 5.68. The van der Waals surface area contributed by atoms with Crippen LogP contribution in [0.3, 0.4) is 0 Å². The van der Waals surface area contributed by atoms with Crippen molar-refractivity contribution < 1.29 is 9.53 Å². The van der Waals surface area contributed by atoms with E-state index in [1.165, 1.54) is 6.92 Å². The molecule has 64 valence electrons. The highest BCUT2D eigenvalue weighted by Gasteiger charge is 2.01. The summed E-state index contributed by atoms with van der Waals surface area (Å²) in [7, 11) is 0. The van der Waals surface area contributed by atoms with Crippen LogP contribution in [0.4, 0.5) is 0 Å². The maximum absolute atomic E-state index is 10.6. The van der Waals surface area contributed by atoms with Gasteiger partial charge in [0.2, 0.25) is 5.88 Å². The van der Waals surface area contributed by atoms with E-state index in [0.717, 1.165) is 0 Å². The number of esters is 1. The highest BCUT2D eigenvalue weighted by Crippen LogP contribution is 2.11. The van der Waals surface area contributed by atoms with Gasteiger partial charge in [-0.2, -0.15) is 0 Å². The van der Waals surface area contributed by atoms with Gasteiger partial charge in [0, 0.05) is 25.7 Å². The first-order valence-corrected chi connectivity index (χ1v) is 3.68. The van der Waals surface area contributed by atoms with Crippen molar-refractivity contribution in [1.29, 1.82) is 0 Å². The Balaban J connectivity index is 2.76. The Morgan fingerprint density at radius 1 is 1.83 bits per heavy atom. The molecule has 0 radical (unpaired) electrons. The minimum Gasteiger partial charge on any atom is -0.409 e. The number of hydrogen-bond donors (Lipinski definition) is 0. The molecule has 0 aromatic carbocycles. The van der Waals surface area contributed by atoms with E-state index in [2.05, 4.69) is 6.58 Å². The Bertz CT molecular complexity index is 288. The van der Waals surface area contributed by atoms with Crippen molar-refractivity contribution in [2.45, 2.75) is 13.5 Å². The summed E-state index contributed by atoms with van der Waals surface area (Å²) >= 11 is 0. The van der Waals surface area contributed by atoms with Crippen molar-refractivity contribution in [3.8, 4) is 5.88 Å². The smallest absolute Gasteiger partial charge is 0.309 e. The van der Waals surface area contributed by atoms with Crippen LogP contribution in [0.25, 0.3) is 0 Å². The summed E-state index contributed by atoms with van der Waals surface area (Å²) in [6.45, 7) is 5.62. The van der Waals surface area contributed by atoms with Crippen molar-refractivity contribution in [2.75, 3.05) is 0 Å². The van der Waals surface area contributed by atoms with Crippen LogP contribution >= 0.6 is 0 Å². The van der Waals surface area contributed by atoms with Crippen LogP contribution in [0.15, 0.2) is 31.0 Å². The predicted octanol–water partition coefficient (Wildman–Crippen LogP) is 1.60. The molecule has 0 N–H and O–H groups in total. The molecule has 0 bridgehead atoms. The molecule has 0 saturated carbocycles. The van der Waals surface area contributed by atoms with Crippen molar-refractivity contribution in [1.82, 2.24) is 4.57 Å². The summed E-state index contributed by atoms with van der Waals surface area (Å²) in [5.41, 5.74) is 0. The minimum atomic E-state index is -0.306. The van der Waals surface area contributed by atoms with Crippen molar-refractivity contribution in [2.24, 2.45) is 0 Å². The van der Waals surface area contributed by atoms with Gasteiger partial charge in [-0.05, 0) is 6.07 Å². The number of carbonyl (C=O) groups is 1. The number of nitrogens with zero attached hydrogens (tertiary/aromatic N) is 1. The topological polar surface area (TPSA) is 31.2 Å². The van der Waals surface area contributed by atoms with Gasteiger partial charge < -0.3 is 9.30 Å². The number of hydrogen-bond acceptors (Lipinski definition) is 2. The molecule has 1 aromatic heterocycles. The lowest BCUT2D eigenvalue weighted by atomic mass is 10.6. The fourth-order valence-corrected chi connectivity index (χ4v) is 0.928. The molecule has 1 rings (SSSR count). The van der Waals surface area contributed by atoms with Gasteiger partial charge in [0.05, 0.1) is 0 Å². The Morgan fingerprint density at radius 2 is 2.58 bits per heavy atom. The Hall–Kier alpha value is -1.51. The Morgan fingerprint density at radius 3 is 3.17 bits per heavy atom. The quantitative estimate of drug-likeness (QED) is 0.503. The third-order valence-electron chi connectivity index (χ3n) is 1.36. The molecule has 0 unspecified atom stereocenters. The van der Waals surface area contributed by atoms with Crippen LogP contribution in [0.5, 0.6) is 5.88 Å². The van der Waals surface area contributed by atoms with E-state index in [1.807, 2.05) is 12.3 Å². The number of ether oxygens (including phenoxy) is 1. The average molecular weight is 165 g/mol. The van der Waals surface area contributed by atoms with E-state index in [4.69, 9.17) is 4.74 Å². The first kappa shape index (κ1) is 8.59. The van der Waals surface area contributed by atoms with Gasteiger partial charge in [-0.15, -0.1) is 6.58 Å². The van der Waals surface area contributed by atoms with E-state index >= 15 is 0 Å². The second-order valence-corrected chi connectivity index (χ2v) is 2.38. The van der Waals surface area contributed by atoms with Gasteiger partial charge in [0.15, 0.2) is 0 Å². The van der Waals surface area contributed by atoms with Crippen LogP contribution in [0, 0.1) is 0 Å². The maximum atomic E-state index is 10.6. The van der Waals surface area contributed by atoms with Crippen LogP contribution in [-0.2, 0) is 11.3 Å². The molecule has 3 nitrogen and oxygen atoms in total. The van der Waals surface area contributed by atoms with Crippen molar-refractivity contribution in [3.63, 3.8) is 0 Å². The van der Waals surface area contributed by atoms with Crippen LogP contribution in [0.1, 0.15) is 6.92 Å². The van der Waals surface area contributed by atoms with E-state index in [1.54, 1.807) is 16.7 Å². The minimum absolute atomic E-state index is 0.306. The number of allylic oxidation sites excluding steroid dienone is 1. The molecule has 0 saturated heterocycles. The van der Waals surface area contributed by atoms with Crippen LogP contribution < -0.4 is 4.74 Å². The van der Waals surface area contributed by atoms with Crippen molar-refractivity contribution >= 4 is 5.97 Å². The van der Waals surface area contributed by atoms with Crippen LogP contribution in [0.2, 0.25) is 0 Å². The first-order chi connectivity index (χ1) is 5.74. The number of carbonyl (C=O) groups excluding carboxylic acids is 1. The SMILES string of the molecule is C=CCn1cccc1OC(C)=O. The molecule has 3 heteroatoms. The summed E-state index contributed by atoms with van der Waals surface area (Å²) in [4.78, 5) is 10.6. The highest BCUT2D eigenvalue weighted by atomic mass is 16.5. The van der Waals surface area contributed by atoms with Gasteiger partial charge >= 0.3 is 5.97 Å². The zero-order valence-corrected chi connectivity index (χ0v) is 6.99. The monoisotopic (exact) mass is 165 g/mol. The summed E-state index contributed by atoms with van der Waals surface area (Å²) in [6, 6.07) is 3.56. The molecule has 0 spiro atoms. The summed E-state index contributed by atoms with van der Waals surface area (Å²) in [5, 5.41) is 0. The van der Waals surface area contributed by atoms with Gasteiger partial charge in [-0.3, -0.25) is 4.79 Å². The summed E-state index contributed by atoms with van der Waals surface area (Å²) in [6.07, 6.45) is 3.58. The summed E-state index contributed by atoms with van der Waals surface area (Å²) < 4.78 is 6.71. The predicted molar refractivity (Wildman–Crippen MR) is 45.9 cm³/mol. The average Bonchev–Trinajstić information content (AvgIpc) is 2.37. The van der Waals surface area contributed by atoms with Gasteiger partial charge in [0.1, 0.15) is 0 Å². The third kappa shape index (κ3) is 1.99. The molecule has 0 aliphatic heterocycles. The lowest BCUT2D eigenvalue weighted by molar-refractivity contribution is -0.132. The van der Waals surface area contributed by atoms with Crippen LogP contribution in [-0.4, -0.2) is 10.5 Å². The fourth-order valence-electron chi connectivity index (χ4n) is 0.928. The zero-order valence-electron chi connectivity index (χ0n) is 6.99. The van der Waals surface area contributed by atoms with E-state index in [0.29, 0.717) is 12.4 Å². The molecule has 0 amide bonds. The molecular weight excluding hydrogens is 154 g/mol. The normalized spacial score (nSPS) is 9.42. The standard InChI is InChI=1S/C9H11NO2/c1-3-6-10-7-4-5-9(10)12-8(2)11/h3-5,7H,1,6H2,2H3. The number of aromatic nitrogens is 1. The lowest BCUT2D eigenvalue weighted by Crippen LogP contribution is -2.06. The van der Waals surface area contributed by atoms with E-state index in [9.17, 15) is 4.79 Å². The lowest BCUT2D eigenvalue weighted by Gasteiger charge is -2.04. The Labute approximate surface area is 71.3 Å². The van der Waals surface area contributed by atoms with Gasteiger partial charge in [-0.25, -0.2) is 0 Å². The van der Waals surface area contributed by atoms with Gasteiger partial charge in [-0.1, -0.05) is 6.08 Å². The molecule has 0 aliphatic rings. The second-order valence-electron chi connectivity index (χ2n) is 2.38. The number of rotatable bonds is 3. The van der Waals surface area contributed by atoms with Gasteiger partial charge in [0.25, 0.3) is 0 Å². The molecule has 0 fully saturated rings. The van der Waals surface area contributed by atoms with E-state index in [-0.39, 0.29) is 5.97 Å². The molecule has 1 heterocycles. The largest absolute Gasteiger partial charge is 0.409 e. The molecule has 1 aromatic rings. The summed E-state index contributed by atoms with van der Waals surface area (Å²) in [5.74, 6) is 0.251. The maximum Gasteiger partial charge on any atom is 0.309 e. The Kier molecular flexibility index (Phi) is 2.69. The molecular formula is C9H11NO2.